The molecule has 0 aliphatic heterocycles. The molecule has 20 heavy (non-hydrogen) atoms. The van der Waals surface area contributed by atoms with E-state index in [1.807, 2.05) is 11.6 Å². The highest BCUT2D eigenvalue weighted by Crippen LogP contribution is 2.16. The zero-order valence-electron chi connectivity index (χ0n) is 12.1. The summed E-state index contributed by atoms with van der Waals surface area (Å²) in [6.07, 6.45) is 1.78. The summed E-state index contributed by atoms with van der Waals surface area (Å²) in [6.45, 7) is 7.08. The van der Waals surface area contributed by atoms with Crippen molar-refractivity contribution in [2.75, 3.05) is 6.61 Å². The van der Waals surface area contributed by atoms with Gasteiger partial charge in [-0.1, -0.05) is 25.4 Å². The van der Waals surface area contributed by atoms with Crippen molar-refractivity contribution in [3.8, 4) is 5.82 Å². The maximum absolute atomic E-state index is 6.07. The van der Waals surface area contributed by atoms with Gasteiger partial charge in [0.2, 0.25) is 0 Å². The molecule has 0 saturated heterocycles. The lowest BCUT2D eigenvalue weighted by Crippen LogP contribution is -2.08. The first-order valence-corrected chi connectivity index (χ1v) is 7.25. The molecular formula is C14H19ClN4O. The minimum Gasteiger partial charge on any atom is -0.374 e. The molecule has 0 amide bonds. The van der Waals surface area contributed by atoms with Crippen LogP contribution in [0.3, 0.4) is 0 Å². The fourth-order valence-electron chi connectivity index (χ4n) is 1.92. The van der Waals surface area contributed by atoms with E-state index in [0.29, 0.717) is 30.0 Å². The van der Waals surface area contributed by atoms with Gasteiger partial charge in [0, 0.05) is 18.4 Å². The average molecular weight is 295 g/mol. The van der Waals surface area contributed by atoms with E-state index < -0.39 is 0 Å². The quantitative estimate of drug-likeness (QED) is 0.769. The predicted octanol–water partition coefficient (Wildman–Crippen LogP) is 2.98. The monoisotopic (exact) mass is 294 g/mol. The van der Waals surface area contributed by atoms with Crippen LogP contribution in [-0.4, -0.2) is 26.4 Å². The molecule has 0 radical (unpaired) electrons. The van der Waals surface area contributed by atoms with Crippen LogP contribution in [0, 0.1) is 0 Å². The molecule has 0 atom stereocenters. The van der Waals surface area contributed by atoms with E-state index in [9.17, 15) is 0 Å². The molecule has 2 rings (SSSR count). The molecule has 6 heteroatoms. The van der Waals surface area contributed by atoms with Crippen LogP contribution in [0.1, 0.15) is 38.0 Å². The van der Waals surface area contributed by atoms with Crippen LogP contribution in [0.4, 0.5) is 0 Å². The first kappa shape index (κ1) is 14.9. The highest BCUT2D eigenvalue weighted by Gasteiger charge is 2.11. The van der Waals surface area contributed by atoms with E-state index in [1.165, 1.54) is 0 Å². The summed E-state index contributed by atoms with van der Waals surface area (Å²) >= 11 is 6.07. The Bertz CT molecular complexity index is 583. The minimum absolute atomic E-state index is 0.355. The summed E-state index contributed by atoms with van der Waals surface area (Å²) in [5.41, 5.74) is 2.15. The Morgan fingerprint density at radius 3 is 2.60 bits per heavy atom. The van der Waals surface area contributed by atoms with Crippen molar-refractivity contribution in [2.45, 2.75) is 40.2 Å². The molecular weight excluding hydrogens is 276 g/mol. The number of hydrogen-bond donors (Lipinski definition) is 0. The summed E-state index contributed by atoms with van der Waals surface area (Å²) < 4.78 is 7.17. The van der Waals surface area contributed by atoms with Crippen LogP contribution in [0.2, 0.25) is 5.15 Å². The molecule has 0 N–H and O–H groups in total. The van der Waals surface area contributed by atoms with Crippen molar-refractivity contribution < 1.29 is 4.74 Å². The first-order valence-electron chi connectivity index (χ1n) is 6.87. The van der Waals surface area contributed by atoms with E-state index in [1.54, 1.807) is 6.07 Å². The molecule has 0 aromatic carbocycles. The number of hydrogen-bond acceptors (Lipinski definition) is 4. The molecule has 0 unspecified atom stereocenters. The lowest BCUT2D eigenvalue weighted by molar-refractivity contribution is 0.128. The Hall–Kier alpha value is -1.46. The van der Waals surface area contributed by atoms with Gasteiger partial charge in [-0.05, 0) is 25.8 Å². The third kappa shape index (κ3) is 3.35. The molecule has 0 fully saturated rings. The molecule has 2 aromatic heterocycles. The maximum Gasteiger partial charge on any atom is 0.158 e. The van der Waals surface area contributed by atoms with Gasteiger partial charge in [-0.15, -0.1) is 0 Å². The molecule has 5 nitrogen and oxygen atoms in total. The SMILES string of the molecule is CCOCc1nc(Cl)cc(-n2nc(CC)cc2CC)n1. The summed E-state index contributed by atoms with van der Waals surface area (Å²) in [5.74, 6) is 1.27. The molecule has 108 valence electrons. The summed E-state index contributed by atoms with van der Waals surface area (Å²) in [5, 5.41) is 4.96. The van der Waals surface area contributed by atoms with Crippen LogP contribution in [0.25, 0.3) is 5.82 Å². The fraction of sp³-hybridized carbons (Fsp3) is 0.500. The van der Waals surface area contributed by atoms with Gasteiger partial charge < -0.3 is 4.74 Å². The number of rotatable bonds is 6. The number of halogens is 1. The van der Waals surface area contributed by atoms with Crippen molar-refractivity contribution in [3.05, 3.63) is 34.5 Å². The highest BCUT2D eigenvalue weighted by atomic mass is 35.5. The van der Waals surface area contributed by atoms with Gasteiger partial charge in [0.15, 0.2) is 11.6 Å². The van der Waals surface area contributed by atoms with Gasteiger partial charge in [0.1, 0.15) is 11.8 Å². The molecule has 0 aliphatic rings. The van der Waals surface area contributed by atoms with Gasteiger partial charge in [-0.25, -0.2) is 14.6 Å². The normalized spacial score (nSPS) is 11.0. The summed E-state index contributed by atoms with van der Waals surface area (Å²) in [4.78, 5) is 8.65. The third-order valence-corrected chi connectivity index (χ3v) is 3.13. The van der Waals surface area contributed by atoms with Crippen molar-refractivity contribution in [1.29, 1.82) is 0 Å². The smallest absolute Gasteiger partial charge is 0.158 e. The summed E-state index contributed by atoms with van der Waals surface area (Å²) in [7, 11) is 0. The van der Waals surface area contributed by atoms with Gasteiger partial charge in [0.05, 0.1) is 5.69 Å². The van der Waals surface area contributed by atoms with Gasteiger partial charge >= 0.3 is 0 Å². The zero-order valence-corrected chi connectivity index (χ0v) is 12.8. The second-order valence-corrected chi connectivity index (χ2v) is 4.74. The van der Waals surface area contributed by atoms with Crippen molar-refractivity contribution in [1.82, 2.24) is 19.7 Å². The van der Waals surface area contributed by atoms with Crippen LogP contribution in [0.15, 0.2) is 12.1 Å². The van der Waals surface area contributed by atoms with Crippen LogP contribution < -0.4 is 0 Å². The Labute approximate surface area is 124 Å². The average Bonchev–Trinajstić information content (AvgIpc) is 2.88. The first-order chi connectivity index (χ1) is 9.67. The van der Waals surface area contributed by atoms with E-state index in [4.69, 9.17) is 16.3 Å². The molecule has 0 spiro atoms. The standard InChI is InChI=1S/C14H19ClN4O/c1-4-10-7-11(5-2)19(18-10)14-8-12(15)16-13(17-14)9-20-6-3/h7-8H,4-6,9H2,1-3H3. The highest BCUT2D eigenvalue weighted by molar-refractivity contribution is 6.29. The van der Waals surface area contributed by atoms with E-state index in [-0.39, 0.29) is 0 Å². The van der Waals surface area contributed by atoms with E-state index in [0.717, 1.165) is 24.2 Å². The van der Waals surface area contributed by atoms with Gasteiger partial charge in [-0.2, -0.15) is 5.10 Å². The number of nitrogens with zero attached hydrogens (tertiary/aromatic N) is 4. The van der Waals surface area contributed by atoms with Crippen molar-refractivity contribution >= 4 is 11.6 Å². The Balaban J connectivity index is 2.40. The van der Waals surface area contributed by atoms with Gasteiger partial charge in [-0.3, -0.25) is 0 Å². The maximum atomic E-state index is 6.07. The zero-order chi connectivity index (χ0) is 14.5. The van der Waals surface area contributed by atoms with Gasteiger partial charge in [0.25, 0.3) is 0 Å². The van der Waals surface area contributed by atoms with E-state index >= 15 is 0 Å². The van der Waals surface area contributed by atoms with Crippen molar-refractivity contribution in [3.63, 3.8) is 0 Å². The molecule has 0 bridgehead atoms. The van der Waals surface area contributed by atoms with E-state index in [2.05, 4.69) is 35.0 Å². The molecule has 0 saturated carbocycles. The predicted molar refractivity (Wildman–Crippen MR) is 78.3 cm³/mol. The second kappa shape index (κ2) is 6.81. The Kier molecular flexibility index (Phi) is 5.09. The van der Waals surface area contributed by atoms with Crippen LogP contribution in [-0.2, 0) is 24.2 Å². The Morgan fingerprint density at radius 1 is 1.15 bits per heavy atom. The minimum atomic E-state index is 0.355. The fourth-order valence-corrected chi connectivity index (χ4v) is 2.11. The summed E-state index contributed by atoms with van der Waals surface area (Å²) in [6, 6.07) is 3.82. The number of aryl methyl sites for hydroxylation is 2. The molecule has 0 aliphatic carbocycles. The lowest BCUT2D eigenvalue weighted by atomic mass is 10.2. The molecule has 2 aromatic rings. The lowest BCUT2D eigenvalue weighted by Gasteiger charge is -2.07. The third-order valence-electron chi connectivity index (χ3n) is 2.94. The molecule has 2 heterocycles. The van der Waals surface area contributed by atoms with Crippen molar-refractivity contribution in [2.24, 2.45) is 0 Å². The topological polar surface area (TPSA) is 52.8 Å². The number of ether oxygens (including phenoxy) is 1. The van der Waals surface area contributed by atoms with Crippen LogP contribution >= 0.6 is 11.6 Å². The second-order valence-electron chi connectivity index (χ2n) is 4.35. The largest absolute Gasteiger partial charge is 0.374 e. The Morgan fingerprint density at radius 2 is 1.95 bits per heavy atom. The number of aromatic nitrogens is 4. The van der Waals surface area contributed by atoms with Crippen LogP contribution in [0.5, 0.6) is 0 Å².